The van der Waals surface area contributed by atoms with E-state index >= 15 is 0 Å². The number of nitrogens with one attached hydrogen (secondary N) is 1. The van der Waals surface area contributed by atoms with Crippen LogP contribution in [0.15, 0.2) is 22.7 Å². The van der Waals surface area contributed by atoms with Gasteiger partial charge in [-0.15, -0.1) is 13.2 Å². The van der Waals surface area contributed by atoms with E-state index in [-0.39, 0.29) is 5.75 Å². The molecule has 21 heavy (non-hydrogen) atoms. The largest absolute Gasteiger partial charge is 0.573 e. The summed E-state index contributed by atoms with van der Waals surface area (Å²) < 4.78 is 40.8. The van der Waals surface area contributed by atoms with Crippen LogP contribution in [0.1, 0.15) is 32.6 Å². The number of ether oxygens (including phenoxy) is 1. The van der Waals surface area contributed by atoms with Gasteiger partial charge in [-0.2, -0.15) is 0 Å². The minimum atomic E-state index is -4.67. The van der Waals surface area contributed by atoms with Gasteiger partial charge in [0.2, 0.25) is 0 Å². The standard InChI is InChI=1S/C15H19BrF3NO/c1-10-3-2-4-11(7-10)9-20-12-5-6-14(13(16)8-12)21-15(17,18)19/h5-6,8,10-11,20H,2-4,7,9H2,1H3. The average molecular weight is 366 g/mol. The zero-order valence-corrected chi connectivity index (χ0v) is 13.4. The van der Waals surface area contributed by atoms with E-state index in [9.17, 15) is 13.2 Å². The maximum atomic E-state index is 12.2. The molecular formula is C15H19BrF3NO. The number of hydrogen-bond donors (Lipinski definition) is 1. The minimum absolute atomic E-state index is 0.223. The normalized spacial score (nSPS) is 22.9. The Kier molecular flexibility index (Phi) is 5.41. The molecule has 0 radical (unpaired) electrons. The van der Waals surface area contributed by atoms with E-state index in [4.69, 9.17) is 0 Å². The van der Waals surface area contributed by atoms with Crippen LogP contribution in [-0.2, 0) is 0 Å². The fourth-order valence-electron chi connectivity index (χ4n) is 2.83. The van der Waals surface area contributed by atoms with E-state index in [1.165, 1.54) is 31.7 Å². The highest BCUT2D eigenvalue weighted by molar-refractivity contribution is 9.10. The highest BCUT2D eigenvalue weighted by Crippen LogP contribution is 2.33. The van der Waals surface area contributed by atoms with Gasteiger partial charge in [-0.25, -0.2) is 0 Å². The van der Waals surface area contributed by atoms with E-state index in [0.29, 0.717) is 10.4 Å². The summed E-state index contributed by atoms with van der Waals surface area (Å²) in [4.78, 5) is 0. The zero-order chi connectivity index (χ0) is 15.5. The second kappa shape index (κ2) is 6.90. The molecule has 2 nitrogen and oxygen atoms in total. The van der Waals surface area contributed by atoms with E-state index in [1.54, 1.807) is 12.1 Å². The van der Waals surface area contributed by atoms with Crippen molar-refractivity contribution in [2.45, 2.75) is 39.0 Å². The maximum absolute atomic E-state index is 12.2. The van der Waals surface area contributed by atoms with Gasteiger partial charge in [0.1, 0.15) is 5.75 Å². The number of halogens is 4. The van der Waals surface area contributed by atoms with Gasteiger partial charge in [0.25, 0.3) is 0 Å². The number of anilines is 1. The fraction of sp³-hybridized carbons (Fsp3) is 0.600. The number of benzene rings is 1. The molecule has 0 spiro atoms. The van der Waals surface area contributed by atoms with Gasteiger partial charge in [0, 0.05) is 12.2 Å². The zero-order valence-electron chi connectivity index (χ0n) is 11.8. The Morgan fingerprint density at radius 2 is 2.10 bits per heavy atom. The molecule has 0 aromatic heterocycles. The van der Waals surface area contributed by atoms with Crippen molar-refractivity contribution in [3.8, 4) is 5.75 Å². The van der Waals surface area contributed by atoms with Crippen molar-refractivity contribution in [1.29, 1.82) is 0 Å². The molecule has 1 aromatic rings. The predicted octanol–water partition coefficient (Wildman–Crippen LogP) is 5.59. The van der Waals surface area contributed by atoms with Crippen molar-refractivity contribution in [3.05, 3.63) is 22.7 Å². The summed E-state index contributed by atoms with van der Waals surface area (Å²) in [5.41, 5.74) is 0.801. The predicted molar refractivity (Wildman–Crippen MR) is 80.4 cm³/mol. The molecule has 2 atom stereocenters. The van der Waals surface area contributed by atoms with Crippen molar-refractivity contribution >= 4 is 21.6 Å². The molecule has 0 heterocycles. The molecule has 0 bridgehead atoms. The van der Waals surface area contributed by atoms with Crippen LogP contribution >= 0.6 is 15.9 Å². The molecule has 1 aromatic carbocycles. The lowest BCUT2D eigenvalue weighted by molar-refractivity contribution is -0.274. The SMILES string of the molecule is CC1CCCC(CNc2ccc(OC(F)(F)F)c(Br)c2)C1. The highest BCUT2D eigenvalue weighted by Gasteiger charge is 2.32. The average Bonchev–Trinajstić information content (AvgIpc) is 2.38. The van der Waals surface area contributed by atoms with Crippen LogP contribution in [0, 0.1) is 11.8 Å². The second-order valence-electron chi connectivity index (χ2n) is 5.71. The Bertz CT molecular complexity index is 478. The molecule has 6 heteroatoms. The smallest absolute Gasteiger partial charge is 0.405 e. The molecule has 0 amide bonds. The third-order valence-electron chi connectivity index (χ3n) is 3.80. The first-order valence-corrected chi connectivity index (χ1v) is 7.92. The first-order chi connectivity index (χ1) is 9.83. The molecule has 1 N–H and O–H groups in total. The summed E-state index contributed by atoms with van der Waals surface area (Å²) in [5, 5.41) is 3.30. The lowest BCUT2D eigenvalue weighted by atomic mass is 9.82. The lowest BCUT2D eigenvalue weighted by Crippen LogP contribution is -2.21. The van der Waals surface area contributed by atoms with Crippen LogP contribution in [0.3, 0.4) is 0 Å². The Hall–Kier alpha value is -0.910. The molecule has 118 valence electrons. The van der Waals surface area contributed by atoms with E-state index in [2.05, 4.69) is 32.9 Å². The summed E-state index contributed by atoms with van der Waals surface area (Å²) in [5.74, 6) is 1.18. The Morgan fingerprint density at radius 3 is 2.71 bits per heavy atom. The number of rotatable bonds is 4. The van der Waals surface area contributed by atoms with Crippen molar-refractivity contribution in [1.82, 2.24) is 0 Å². The second-order valence-corrected chi connectivity index (χ2v) is 6.57. The molecule has 2 unspecified atom stereocenters. The van der Waals surface area contributed by atoms with Gasteiger partial charge in [0.05, 0.1) is 4.47 Å². The topological polar surface area (TPSA) is 21.3 Å². The van der Waals surface area contributed by atoms with Crippen LogP contribution in [0.25, 0.3) is 0 Å². The van der Waals surface area contributed by atoms with Gasteiger partial charge in [-0.3, -0.25) is 0 Å². The minimum Gasteiger partial charge on any atom is -0.405 e. The highest BCUT2D eigenvalue weighted by atomic mass is 79.9. The summed E-state index contributed by atoms with van der Waals surface area (Å²) in [6.07, 6.45) is 0.314. The van der Waals surface area contributed by atoms with Crippen LogP contribution in [-0.4, -0.2) is 12.9 Å². The van der Waals surface area contributed by atoms with Crippen LogP contribution in [0.2, 0.25) is 0 Å². The Balaban J connectivity index is 1.91. The van der Waals surface area contributed by atoms with E-state index < -0.39 is 6.36 Å². The van der Waals surface area contributed by atoms with Crippen molar-refractivity contribution < 1.29 is 17.9 Å². The van der Waals surface area contributed by atoms with Crippen molar-refractivity contribution in [2.75, 3.05) is 11.9 Å². The molecule has 2 rings (SSSR count). The van der Waals surface area contributed by atoms with Gasteiger partial charge >= 0.3 is 6.36 Å². The quantitative estimate of drug-likeness (QED) is 0.751. The van der Waals surface area contributed by atoms with E-state index in [0.717, 1.165) is 18.2 Å². The van der Waals surface area contributed by atoms with Gasteiger partial charge in [-0.05, 0) is 58.8 Å². The maximum Gasteiger partial charge on any atom is 0.573 e. The molecular weight excluding hydrogens is 347 g/mol. The summed E-state index contributed by atoms with van der Waals surface area (Å²) in [6.45, 7) is 3.13. The van der Waals surface area contributed by atoms with E-state index in [1.807, 2.05) is 0 Å². The summed E-state index contributed by atoms with van der Waals surface area (Å²) >= 11 is 3.11. The molecule has 1 aliphatic rings. The summed E-state index contributed by atoms with van der Waals surface area (Å²) in [6, 6.07) is 4.55. The molecule has 1 saturated carbocycles. The van der Waals surface area contributed by atoms with Crippen molar-refractivity contribution in [2.24, 2.45) is 11.8 Å². The third kappa shape index (κ3) is 5.41. The van der Waals surface area contributed by atoms with Gasteiger partial charge in [-0.1, -0.05) is 19.8 Å². The molecule has 0 saturated heterocycles. The Labute approximate surface area is 131 Å². The fourth-order valence-corrected chi connectivity index (χ4v) is 3.29. The monoisotopic (exact) mass is 365 g/mol. The third-order valence-corrected chi connectivity index (χ3v) is 4.42. The lowest BCUT2D eigenvalue weighted by Gasteiger charge is -2.27. The van der Waals surface area contributed by atoms with Crippen LogP contribution in [0.5, 0.6) is 5.75 Å². The van der Waals surface area contributed by atoms with Gasteiger partial charge in [0.15, 0.2) is 0 Å². The molecule has 0 aliphatic heterocycles. The van der Waals surface area contributed by atoms with Crippen LogP contribution in [0.4, 0.5) is 18.9 Å². The first kappa shape index (κ1) is 16.5. The number of hydrogen-bond acceptors (Lipinski definition) is 2. The first-order valence-electron chi connectivity index (χ1n) is 7.12. The number of alkyl halides is 3. The van der Waals surface area contributed by atoms with Crippen LogP contribution < -0.4 is 10.1 Å². The van der Waals surface area contributed by atoms with Gasteiger partial charge < -0.3 is 10.1 Å². The van der Waals surface area contributed by atoms with Crippen molar-refractivity contribution in [3.63, 3.8) is 0 Å². The molecule has 1 aliphatic carbocycles. The summed E-state index contributed by atoms with van der Waals surface area (Å²) in [7, 11) is 0. The molecule has 1 fully saturated rings. The Morgan fingerprint density at radius 1 is 1.33 bits per heavy atom.